The van der Waals surface area contributed by atoms with Crippen LogP contribution in [0.5, 0.6) is 0 Å². The van der Waals surface area contributed by atoms with Crippen molar-refractivity contribution in [2.75, 3.05) is 0 Å². The van der Waals surface area contributed by atoms with Gasteiger partial charge < -0.3 is 10.2 Å². The molecule has 0 amide bonds. The van der Waals surface area contributed by atoms with E-state index in [1.807, 2.05) is 0 Å². The average molecular weight is 478 g/mol. The maximum Gasteiger partial charge on any atom is 0.473 e. The first kappa shape index (κ1) is 30.5. The van der Waals surface area contributed by atoms with Gasteiger partial charge in [0.15, 0.2) is 0 Å². The Morgan fingerprint density at radius 3 is 1.57 bits per heavy atom. The summed E-state index contributed by atoms with van der Waals surface area (Å²) in [5.41, 5.74) is -0.950. The van der Waals surface area contributed by atoms with Crippen molar-refractivity contribution in [1.82, 2.24) is 0 Å². The molecule has 3 nitrogen and oxygen atoms in total. The lowest BCUT2D eigenvalue weighted by molar-refractivity contribution is -0.437. The summed E-state index contributed by atoms with van der Waals surface area (Å²) in [4.78, 5) is 11.1. The number of esters is 1. The zero-order valence-corrected chi connectivity index (χ0v) is 14.8. The summed E-state index contributed by atoms with van der Waals surface area (Å²) in [5, 5.41) is 0. The van der Waals surface area contributed by atoms with Gasteiger partial charge in [0, 0.05) is 18.4 Å². The second kappa shape index (κ2) is 9.18. The fraction of sp³-hybridized carbons (Fsp3) is 0.786. The molecule has 0 aromatic rings. The van der Waals surface area contributed by atoms with Crippen LogP contribution < -0.4 is 0 Å². The molecular formula is C14H15F13O3. The molecule has 0 heterocycles. The van der Waals surface area contributed by atoms with Gasteiger partial charge in [0.1, 0.15) is 0 Å². The van der Waals surface area contributed by atoms with Crippen molar-refractivity contribution in [1.29, 1.82) is 0 Å². The highest BCUT2D eigenvalue weighted by Gasteiger charge is 2.87. The fourth-order valence-electron chi connectivity index (χ4n) is 1.72. The van der Waals surface area contributed by atoms with Crippen molar-refractivity contribution < 1.29 is 72.1 Å². The van der Waals surface area contributed by atoms with Gasteiger partial charge in [0.25, 0.3) is 0 Å². The van der Waals surface area contributed by atoms with E-state index < -0.39 is 66.8 Å². The average Bonchev–Trinajstić information content (AvgIpc) is 2.51. The minimum atomic E-state index is -7.63. The number of hydrogen-bond acceptors (Lipinski definition) is 2. The van der Waals surface area contributed by atoms with Crippen molar-refractivity contribution in [3.8, 4) is 0 Å². The van der Waals surface area contributed by atoms with E-state index in [1.165, 1.54) is 6.92 Å². The van der Waals surface area contributed by atoms with Crippen molar-refractivity contribution >= 4 is 5.97 Å². The molecule has 0 unspecified atom stereocenters. The third kappa shape index (κ3) is 5.91. The molecule has 0 rings (SSSR count). The summed E-state index contributed by atoms with van der Waals surface area (Å²) < 4.78 is 172. The van der Waals surface area contributed by atoms with Crippen LogP contribution in [0.3, 0.4) is 0 Å². The van der Waals surface area contributed by atoms with Crippen LogP contribution in [0.2, 0.25) is 0 Å². The molecule has 0 aromatic carbocycles. The van der Waals surface area contributed by atoms with E-state index in [9.17, 15) is 61.9 Å². The minimum absolute atomic E-state index is 0. The Balaban J connectivity index is 0. The maximum absolute atomic E-state index is 13.4. The third-order valence-corrected chi connectivity index (χ3v) is 3.40. The first-order valence-electron chi connectivity index (χ1n) is 7.44. The topological polar surface area (TPSA) is 57.8 Å². The summed E-state index contributed by atoms with van der Waals surface area (Å²) in [6.07, 6.45) is -18.7. The Labute approximate surface area is 160 Å². The zero-order valence-electron chi connectivity index (χ0n) is 14.8. The lowest BCUT2D eigenvalue weighted by atomic mass is 9.95. The minimum Gasteiger partial charge on any atom is -0.412 e. The molecule has 0 spiro atoms. The van der Waals surface area contributed by atoms with Crippen LogP contribution in [-0.4, -0.2) is 47.4 Å². The van der Waals surface area contributed by atoms with Gasteiger partial charge in [-0.1, -0.05) is 19.9 Å². The van der Waals surface area contributed by atoms with E-state index in [4.69, 9.17) is 0 Å². The summed E-state index contributed by atoms with van der Waals surface area (Å²) in [6.45, 7) is 4.13. The predicted molar refractivity (Wildman–Crippen MR) is 73.8 cm³/mol. The first-order chi connectivity index (χ1) is 12.6. The highest BCUT2D eigenvalue weighted by Crippen LogP contribution is 2.58. The Morgan fingerprint density at radius 2 is 1.20 bits per heavy atom. The van der Waals surface area contributed by atoms with Gasteiger partial charge >= 0.3 is 41.9 Å². The van der Waals surface area contributed by atoms with Crippen LogP contribution in [0.15, 0.2) is 12.2 Å². The molecule has 0 atom stereocenters. The van der Waals surface area contributed by atoms with Crippen LogP contribution in [0.1, 0.15) is 32.6 Å². The molecule has 0 aromatic heterocycles. The van der Waals surface area contributed by atoms with Crippen LogP contribution >= 0.6 is 0 Å². The largest absolute Gasteiger partial charge is 0.473 e. The number of ether oxygens (including phenoxy) is 1. The number of hydrogen-bond donors (Lipinski definition) is 0. The van der Waals surface area contributed by atoms with E-state index >= 15 is 0 Å². The second-order valence-electron chi connectivity index (χ2n) is 5.80. The lowest BCUT2D eigenvalue weighted by Gasteiger charge is -2.38. The zero-order chi connectivity index (χ0) is 23.7. The molecule has 0 saturated heterocycles. The van der Waals surface area contributed by atoms with Crippen LogP contribution in [0.4, 0.5) is 57.1 Å². The number of carbonyl (C=O) groups is 1. The molecule has 16 heteroatoms. The molecule has 0 radical (unpaired) electrons. The molecule has 0 aliphatic heterocycles. The summed E-state index contributed by atoms with van der Waals surface area (Å²) in [7, 11) is 0. The maximum atomic E-state index is 13.4. The van der Waals surface area contributed by atoms with Gasteiger partial charge in [0.2, 0.25) is 0 Å². The SMILES string of the molecule is C=C(CCC)C(=O)OC(F)(F)C(F)(F)C(F)(F)C(F)(F)C(F)(F)CCC(F)(F)F.O. The highest BCUT2D eigenvalue weighted by atomic mass is 19.4. The third-order valence-electron chi connectivity index (χ3n) is 3.40. The summed E-state index contributed by atoms with van der Waals surface area (Å²) in [6, 6.07) is 0. The Kier molecular flexibility index (Phi) is 9.32. The predicted octanol–water partition coefficient (Wildman–Crippen LogP) is 5.54. The Morgan fingerprint density at radius 1 is 0.767 bits per heavy atom. The van der Waals surface area contributed by atoms with Crippen molar-refractivity contribution in [3.63, 3.8) is 0 Å². The molecule has 180 valence electrons. The highest BCUT2D eigenvalue weighted by molar-refractivity contribution is 5.87. The van der Waals surface area contributed by atoms with E-state index in [0.29, 0.717) is 0 Å². The number of carbonyl (C=O) groups excluding carboxylic acids is 1. The molecule has 0 aliphatic carbocycles. The fourth-order valence-corrected chi connectivity index (χ4v) is 1.72. The molecule has 30 heavy (non-hydrogen) atoms. The Bertz CT molecular complexity index is 611. The monoisotopic (exact) mass is 478 g/mol. The van der Waals surface area contributed by atoms with Crippen LogP contribution in [-0.2, 0) is 9.53 Å². The molecule has 0 bridgehead atoms. The number of alkyl halides is 13. The molecular weight excluding hydrogens is 463 g/mol. The van der Waals surface area contributed by atoms with E-state index in [0.717, 1.165) is 0 Å². The lowest BCUT2D eigenvalue weighted by Crippen LogP contribution is -2.68. The summed E-state index contributed by atoms with van der Waals surface area (Å²) in [5.74, 6) is -31.3. The van der Waals surface area contributed by atoms with Gasteiger partial charge in [0.05, 0.1) is 0 Å². The van der Waals surface area contributed by atoms with Gasteiger partial charge in [-0.3, -0.25) is 0 Å². The molecule has 0 saturated carbocycles. The molecule has 0 fully saturated rings. The smallest absolute Gasteiger partial charge is 0.412 e. The van der Waals surface area contributed by atoms with Crippen molar-refractivity contribution in [3.05, 3.63) is 12.2 Å². The van der Waals surface area contributed by atoms with E-state index in [-0.39, 0.29) is 11.9 Å². The van der Waals surface area contributed by atoms with Gasteiger partial charge in [-0.2, -0.15) is 57.1 Å². The molecule has 2 N–H and O–H groups in total. The Hall–Kier alpha value is -1.74. The van der Waals surface area contributed by atoms with E-state index in [2.05, 4.69) is 11.3 Å². The number of halogens is 13. The second-order valence-corrected chi connectivity index (χ2v) is 5.80. The normalized spacial score (nSPS) is 14.2. The van der Waals surface area contributed by atoms with Crippen molar-refractivity contribution in [2.24, 2.45) is 0 Å². The molecule has 0 aliphatic rings. The van der Waals surface area contributed by atoms with Gasteiger partial charge in [-0.15, -0.1) is 0 Å². The van der Waals surface area contributed by atoms with Gasteiger partial charge in [-0.05, 0) is 6.42 Å². The quantitative estimate of drug-likeness (QED) is 0.235. The first-order valence-corrected chi connectivity index (χ1v) is 7.44. The van der Waals surface area contributed by atoms with Gasteiger partial charge in [-0.25, -0.2) is 4.79 Å². The number of rotatable bonds is 10. The van der Waals surface area contributed by atoms with Crippen molar-refractivity contribution in [2.45, 2.75) is 68.6 Å². The van der Waals surface area contributed by atoms with Crippen LogP contribution in [0.25, 0.3) is 0 Å². The standard InChI is InChI=1S/C14H13F13O2.H2O/c1-3-4-7(2)8(28)29-14(26,27)13(24,25)12(22,23)11(20,21)9(15,16)5-6-10(17,18)19;/h2-6H2,1H3;1H2. The van der Waals surface area contributed by atoms with Crippen LogP contribution in [0, 0.1) is 0 Å². The summed E-state index contributed by atoms with van der Waals surface area (Å²) >= 11 is 0. The van der Waals surface area contributed by atoms with E-state index in [1.54, 1.807) is 0 Å².